The molecule has 57 heavy (non-hydrogen) atoms. The maximum absolute atomic E-state index is 14.7. The molecule has 3 N–H and O–H groups in total. The van der Waals surface area contributed by atoms with Gasteiger partial charge in [-0.15, -0.1) is 0 Å². The first kappa shape index (κ1) is 40.1. The Morgan fingerprint density at radius 3 is 2.60 bits per heavy atom. The van der Waals surface area contributed by atoms with Crippen LogP contribution in [0.5, 0.6) is 11.6 Å². The van der Waals surface area contributed by atoms with Crippen molar-refractivity contribution in [1.82, 2.24) is 35.0 Å². The Morgan fingerprint density at radius 2 is 1.89 bits per heavy atom. The average molecular weight is 808 g/mol. The van der Waals surface area contributed by atoms with Gasteiger partial charge in [0.05, 0.1) is 22.9 Å². The Bertz CT molecular complexity index is 2240. The zero-order valence-electron chi connectivity index (χ0n) is 32.8. The molecule has 1 unspecified atom stereocenters. The summed E-state index contributed by atoms with van der Waals surface area (Å²) in [4.78, 5) is 62.4. The number of halogens is 1. The van der Waals surface area contributed by atoms with Gasteiger partial charge >= 0.3 is 0 Å². The van der Waals surface area contributed by atoms with E-state index in [1.165, 1.54) is 15.6 Å². The molecule has 0 radical (unpaired) electrons. The Hall–Kier alpha value is -5.06. The highest BCUT2D eigenvalue weighted by molar-refractivity contribution is 7.91. The number of fused-ring (bicyclic) bond motifs is 3. The number of sulfonamides is 1. The van der Waals surface area contributed by atoms with E-state index in [1.807, 2.05) is 26.0 Å². The molecule has 0 bridgehead atoms. The minimum Gasteiger partial charge on any atom is -0.488 e. The van der Waals surface area contributed by atoms with Gasteiger partial charge in [-0.25, -0.2) is 17.8 Å². The van der Waals surface area contributed by atoms with E-state index in [-0.39, 0.29) is 37.1 Å². The summed E-state index contributed by atoms with van der Waals surface area (Å²) in [5.41, 5.74) is -0.807. The molecule has 3 fully saturated rings. The van der Waals surface area contributed by atoms with Crippen LogP contribution in [-0.4, -0.2) is 92.8 Å². The standard InChI is InChI=1S/C40H50FN7O8S/c1-23(2)55-33-20-32(27-13-14-28(41)24(3)34(27)43-33)56-26-19-31-36(50)44-40(38(52)46-57(53,54)39(4)16-17-39)21-25(40)11-9-7-6-8-10-12-30(37(51)48(31)22-26)42-35(49)29-15-18-47(5)45-29/h9,11,13-15,18,20,23,25-26,30-31H,6-8,10,12,16-17,19,21-22H2,1-5H3,(H,42,49)(H,44,50)(H,46,52)/b11-9-/t25?,26-,30+,31+,40-/m1/s1. The van der Waals surface area contributed by atoms with Crippen LogP contribution in [0.1, 0.15) is 94.6 Å². The highest BCUT2D eigenvalue weighted by Gasteiger charge is 2.63. The maximum atomic E-state index is 14.7. The highest BCUT2D eigenvalue weighted by atomic mass is 32.2. The van der Waals surface area contributed by atoms with Crippen molar-refractivity contribution >= 4 is 44.6 Å². The molecule has 2 aromatic heterocycles. The van der Waals surface area contributed by atoms with Crippen molar-refractivity contribution in [3.05, 3.63) is 59.7 Å². The average Bonchev–Trinajstić information content (AvgIpc) is 3.95. The Balaban J connectivity index is 1.23. The van der Waals surface area contributed by atoms with E-state index in [1.54, 1.807) is 45.3 Å². The first-order valence-corrected chi connectivity index (χ1v) is 21.1. The predicted octanol–water partition coefficient (Wildman–Crippen LogP) is 3.74. The monoisotopic (exact) mass is 807 g/mol. The highest BCUT2D eigenvalue weighted by Crippen LogP contribution is 2.47. The van der Waals surface area contributed by atoms with Crippen molar-refractivity contribution in [2.24, 2.45) is 13.0 Å². The number of carbonyl (C=O) groups is 4. The topological polar surface area (TPSA) is 191 Å². The number of carbonyl (C=O) groups excluding carboxylic acids is 4. The summed E-state index contributed by atoms with van der Waals surface area (Å²) >= 11 is 0. The molecule has 4 heterocycles. The second-order valence-corrected chi connectivity index (χ2v) is 18.5. The van der Waals surface area contributed by atoms with Crippen molar-refractivity contribution in [2.45, 2.75) is 120 Å². The first-order valence-electron chi connectivity index (χ1n) is 19.6. The Labute approximate surface area is 331 Å². The Kier molecular flexibility index (Phi) is 10.8. The number of nitrogens with zero attached hydrogens (tertiary/aromatic N) is 4. The number of pyridine rings is 1. The second kappa shape index (κ2) is 15.4. The summed E-state index contributed by atoms with van der Waals surface area (Å²) in [5.74, 6) is -2.97. The van der Waals surface area contributed by atoms with Crippen LogP contribution in [0.15, 0.2) is 42.6 Å². The zero-order valence-corrected chi connectivity index (χ0v) is 33.7. The van der Waals surface area contributed by atoms with E-state index in [2.05, 4.69) is 25.4 Å². The largest absolute Gasteiger partial charge is 0.488 e. The van der Waals surface area contributed by atoms with Gasteiger partial charge in [-0.05, 0) is 84.4 Å². The third-order valence-corrected chi connectivity index (χ3v) is 13.6. The van der Waals surface area contributed by atoms with E-state index in [0.717, 1.165) is 12.8 Å². The van der Waals surface area contributed by atoms with Crippen LogP contribution in [0.25, 0.3) is 10.9 Å². The molecular formula is C40H50FN7O8S. The fourth-order valence-corrected chi connectivity index (χ4v) is 8.96. The van der Waals surface area contributed by atoms with Crippen LogP contribution in [0, 0.1) is 18.7 Å². The van der Waals surface area contributed by atoms with Gasteiger partial charge in [-0.2, -0.15) is 5.10 Å². The molecular weight excluding hydrogens is 758 g/mol. The van der Waals surface area contributed by atoms with Crippen LogP contribution >= 0.6 is 0 Å². The molecule has 2 aliphatic carbocycles. The molecule has 0 spiro atoms. The smallest absolute Gasteiger partial charge is 0.272 e. The summed E-state index contributed by atoms with van der Waals surface area (Å²) in [6, 6.07) is 3.80. The fraction of sp³-hybridized carbons (Fsp3) is 0.550. The van der Waals surface area contributed by atoms with Crippen LogP contribution in [0.3, 0.4) is 0 Å². The molecule has 5 atom stereocenters. The molecule has 1 aromatic carbocycles. The predicted molar refractivity (Wildman–Crippen MR) is 207 cm³/mol. The van der Waals surface area contributed by atoms with Crippen molar-refractivity contribution in [2.75, 3.05) is 6.54 Å². The number of ether oxygens (including phenoxy) is 2. The molecule has 17 heteroatoms. The van der Waals surface area contributed by atoms with Gasteiger partial charge in [0.2, 0.25) is 27.7 Å². The molecule has 3 aromatic rings. The number of amides is 4. The van der Waals surface area contributed by atoms with E-state index in [0.29, 0.717) is 54.3 Å². The lowest BCUT2D eigenvalue weighted by molar-refractivity contribution is -0.141. The maximum Gasteiger partial charge on any atom is 0.272 e. The lowest BCUT2D eigenvalue weighted by atomic mass is 10.0. The van der Waals surface area contributed by atoms with Crippen molar-refractivity contribution in [1.29, 1.82) is 0 Å². The van der Waals surface area contributed by atoms with Gasteiger partial charge in [0.1, 0.15) is 41.0 Å². The van der Waals surface area contributed by atoms with Crippen molar-refractivity contribution in [3.63, 3.8) is 0 Å². The number of hydrogen-bond donors (Lipinski definition) is 3. The molecule has 4 aliphatic rings. The van der Waals surface area contributed by atoms with Crippen molar-refractivity contribution < 1.29 is 41.5 Å². The van der Waals surface area contributed by atoms with Crippen LogP contribution < -0.4 is 24.8 Å². The summed E-state index contributed by atoms with van der Waals surface area (Å²) in [7, 11) is -2.34. The summed E-state index contributed by atoms with van der Waals surface area (Å²) in [6.45, 7) is 6.76. The molecule has 2 saturated carbocycles. The molecule has 2 aliphatic heterocycles. The third-order valence-electron chi connectivity index (χ3n) is 11.5. The van der Waals surface area contributed by atoms with Gasteiger partial charge in [-0.3, -0.25) is 28.6 Å². The quantitative estimate of drug-likeness (QED) is 0.269. The van der Waals surface area contributed by atoms with Crippen molar-refractivity contribution in [3.8, 4) is 11.6 Å². The third kappa shape index (κ3) is 8.21. The molecule has 15 nitrogen and oxygen atoms in total. The van der Waals surface area contributed by atoms with E-state index < -0.39 is 73.9 Å². The summed E-state index contributed by atoms with van der Waals surface area (Å²) in [5, 5.41) is 10.4. The number of allylic oxidation sites excluding steroid dienone is 1. The number of aromatic nitrogens is 3. The minimum absolute atomic E-state index is 0.0164. The van der Waals surface area contributed by atoms with E-state index in [4.69, 9.17) is 9.47 Å². The Morgan fingerprint density at radius 1 is 1.12 bits per heavy atom. The van der Waals surface area contributed by atoms with E-state index in [9.17, 15) is 32.0 Å². The van der Waals surface area contributed by atoms with Gasteiger partial charge in [0.15, 0.2) is 0 Å². The number of rotatable bonds is 9. The first-order chi connectivity index (χ1) is 27.0. The molecule has 1 saturated heterocycles. The van der Waals surface area contributed by atoms with Gasteiger partial charge in [0.25, 0.3) is 11.8 Å². The zero-order chi connectivity index (χ0) is 40.9. The van der Waals surface area contributed by atoms with Crippen LogP contribution in [-0.2, 0) is 31.5 Å². The second-order valence-electron chi connectivity index (χ2n) is 16.3. The van der Waals surface area contributed by atoms with Gasteiger partial charge < -0.3 is 25.0 Å². The summed E-state index contributed by atoms with van der Waals surface area (Å²) < 4.78 is 56.3. The SMILES string of the molecule is Cc1c(F)ccc2c(O[C@@H]3C[C@H]4C(=O)N[C@]5(C(=O)NS(=O)(=O)C6(C)CC6)CC5/C=C\CCCCC[C@H](NC(=O)c5ccn(C)n5)C(=O)N4C3)cc(OC(C)C)nc12. The molecule has 306 valence electrons. The number of hydrogen-bond acceptors (Lipinski definition) is 10. The number of aryl methyl sites for hydroxylation is 2. The van der Waals surface area contributed by atoms with Crippen LogP contribution in [0.4, 0.5) is 4.39 Å². The molecule has 4 amide bonds. The summed E-state index contributed by atoms with van der Waals surface area (Å²) in [6.07, 6.45) is 8.43. The lowest BCUT2D eigenvalue weighted by Crippen LogP contribution is -2.58. The minimum atomic E-state index is -4.02. The molecule has 7 rings (SSSR count). The number of nitrogens with one attached hydrogen (secondary N) is 3. The fourth-order valence-electron chi connectivity index (χ4n) is 7.64. The number of benzene rings is 1. The van der Waals surface area contributed by atoms with Gasteiger partial charge in [0, 0.05) is 42.6 Å². The normalized spacial score (nSPS) is 26.7. The van der Waals surface area contributed by atoms with E-state index >= 15 is 0 Å². The van der Waals surface area contributed by atoms with Crippen LogP contribution in [0.2, 0.25) is 0 Å². The lowest BCUT2D eigenvalue weighted by Gasteiger charge is -2.30. The van der Waals surface area contributed by atoms with Gasteiger partial charge in [-0.1, -0.05) is 25.0 Å².